The Morgan fingerprint density at radius 1 is 0.810 bits per heavy atom. The van der Waals surface area contributed by atoms with Crippen LogP contribution in [0.2, 0.25) is 0 Å². The van der Waals surface area contributed by atoms with E-state index in [1.54, 1.807) is 6.07 Å². The number of hydrogen-bond acceptors (Lipinski definition) is 3. The van der Waals surface area contributed by atoms with E-state index in [9.17, 15) is 30.7 Å². The standard InChI is InChI=1S/C11H5F7N2O/c12-9(13,10(14,15)11(16,17)18)8-20-19-7(21-8)6-4-2-1-3-5-6/h1-5H. The number of halogens is 7. The Morgan fingerprint density at radius 3 is 1.90 bits per heavy atom. The van der Waals surface area contributed by atoms with Crippen molar-refractivity contribution in [1.29, 1.82) is 0 Å². The van der Waals surface area contributed by atoms with Crippen LogP contribution < -0.4 is 0 Å². The fourth-order valence-electron chi connectivity index (χ4n) is 1.36. The molecule has 0 saturated carbocycles. The second-order valence-electron chi connectivity index (χ2n) is 3.92. The van der Waals surface area contributed by atoms with E-state index < -0.39 is 29.8 Å². The van der Waals surface area contributed by atoms with Crippen molar-refractivity contribution < 1.29 is 35.2 Å². The first-order chi connectivity index (χ1) is 9.57. The zero-order chi connectivity index (χ0) is 15.9. The van der Waals surface area contributed by atoms with E-state index in [-0.39, 0.29) is 5.56 Å². The molecule has 0 N–H and O–H groups in total. The third-order valence-corrected chi connectivity index (χ3v) is 2.46. The summed E-state index contributed by atoms with van der Waals surface area (Å²) in [6.45, 7) is 0. The van der Waals surface area contributed by atoms with Gasteiger partial charge < -0.3 is 4.42 Å². The average molecular weight is 314 g/mol. The summed E-state index contributed by atoms with van der Waals surface area (Å²) in [6.07, 6.45) is -6.46. The summed E-state index contributed by atoms with van der Waals surface area (Å²) in [5.41, 5.74) is 0.0994. The fraction of sp³-hybridized carbons (Fsp3) is 0.273. The van der Waals surface area contributed by atoms with E-state index in [4.69, 9.17) is 0 Å². The molecule has 21 heavy (non-hydrogen) atoms. The lowest BCUT2D eigenvalue weighted by Crippen LogP contribution is -2.50. The molecule has 1 aromatic carbocycles. The Bertz CT molecular complexity index is 621. The van der Waals surface area contributed by atoms with Gasteiger partial charge in [0, 0.05) is 5.56 Å². The molecule has 3 nitrogen and oxygen atoms in total. The molecule has 0 fully saturated rings. The Morgan fingerprint density at radius 2 is 1.38 bits per heavy atom. The van der Waals surface area contributed by atoms with Crippen LogP contribution in [0.3, 0.4) is 0 Å². The lowest BCUT2D eigenvalue weighted by molar-refractivity contribution is -0.364. The normalized spacial score (nSPS) is 13.5. The predicted octanol–water partition coefficient (Wildman–Crippen LogP) is 4.03. The zero-order valence-corrected chi connectivity index (χ0v) is 9.84. The SMILES string of the molecule is FC(F)(F)C(F)(F)C(F)(F)c1nnc(-c2ccccc2)o1. The third-order valence-electron chi connectivity index (χ3n) is 2.46. The van der Waals surface area contributed by atoms with Gasteiger partial charge in [-0.25, -0.2) is 0 Å². The minimum Gasteiger partial charge on any atom is -0.415 e. The molecule has 10 heteroatoms. The van der Waals surface area contributed by atoms with Gasteiger partial charge in [0.25, 0.3) is 5.89 Å². The van der Waals surface area contributed by atoms with Gasteiger partial charge in [-0.15, -0.1) is 10.2 Å². The summed E-state index contributed by atoms with van der Waals surface area (Å²) in [5, 5.41) is 5.65. The van der Waals surface area contributed by atoms with Gasteiger partial charge in [-0.3, -0.25) is 0 Å². The summed E-state index contributed by atoms with van der Waals surface area (Å²) in [6, 6.07) is 7.14. The van der Waals surface area contributed by atoms with Gasteiger partial charge in [0.1, 0.15) is 0 Å². The van der Waals surface area contributed by atoms with Crippen molar-refractivity contribution in [3.05, 3.63) is 36.2 Å². The van der Waals surface area contributed by atoms with Crippen molar-refractivity contribution in [2.24, 2.45) is 0 Å². The predicted molar refractivity (Wildman–Crippen MR) is 54.6 cm³/mol. The topological polar surface area (TPSA) is 38.9 Å². The highest BCUT2D eigenvalue weighted by molar-refractivity contribution is 5.51. The monoisotopic (exact) mass is 314 g/mol. The van der Waals surface area contributed by atoms with E-state index in [0.29, 0.717) is 0 Å². The molecule has 0 saturated heterocycles. The molecule has 0 aliphatic rings. The van der Waals surface area contributed by atoms with Gasteiger partial charge in [0.15, 0.2) is 0 Å². The van der Waals surface area contributed by atoms with Crippen LogP contribution in [-0.4, -0.2) is 22.3 Å². The first-order valence-electron chi connectivity index (χ1n) is 5.29. The van der Waals surface area contributed by atoms with Crippen LogP contribution in [0, 0.1) is 0 Å². The highest BCUT2D eigenvalue weighted by Crippen LogP contribution is 2.51. The molecule has 1 heterocycles. The highest BCUT2D eigenvalue weighted by Gasteiger charge is 2.76. The molecular formula is C11H5F7N2O. The molecule has 2 rings (SSSR count). The van der Waals surface area contributed by atoms with Crippen molar-refractivity contribution in [3.8, 4) is 11.5 Å². The van der Waals surface area contributed by atoms with Crippen LogP contribution >= 0.6 is 0 Å². The van der Waals surface area contributed by atoms with E-state index >= 15 is 0 Å². The Kier molecular flexibility index (Phi) is 3.42. The lowest BCUT2D eigenvalue weighted by Gasteiger charge is -2.25. The second kappa shape index (κ2) is 4.71. The van der Waals surface area contributed by atoms with E-state index in [1.165, 1.54) is 24.3 Å². The molecule has 0 amide bonds. The smallest absolute Gasteiger partial charge is 0.415 e. The number of hydrogen-bond donors (Lipinski definition) is 0. The summed E-state index contributed by atoms with van der Waals surface area (Å²) >= 11 is 0. The largest absolute Gasteiger partial charge is 0.460 e. The maximum absolute atomic E-state index is 13.3. The highest BCUT2D eigenvalue weighted by atomic mass is 19.4. The fourth-order valence-corrected chi connectivity index (χ4v) is 1.36. The van der Waals surface area contributed by atoms with Gasteiger partial charge in [-0.05, 0) is 12.1 Å². The van der Waals surface area contributed by atoms with E-state index in [0.717, 1.165) is 0 Å². The van der Waals surface area contributed by atoms with E-state index in [1.807, 2.05) is 0 Å². The van der Waals surface area contributed by atoms with Crippen molar-refractivity contribution in [3.63, 3.8) is 0 Å². The molecular weight excluding hydrogens is 309 g/mol. The zero-order valence-electron chi connectivity index (χ0n) is 9.84. The number of aromatic nitrogens is 2. The number of alkyl halides is 7. The van der Waals surface area contributed by atoms with Crippen molar-refractivity contribution in [2.45, 2.75) is 18.0 Å². The summed E-state index contributed by atoms with van der Waals surface area (Å²) in [4.78, 5) is 0. The molecule has 1 aromatic heterocycles. The molecule has 0 unspecified atom stereocenters. The van der Waals surface area contributed by atoms with Crippen molar-refractivity contribution >= 4 is 0 Å². The summed E-state index contributed by atoms with van der Waals surface area (Å²) < 4.78 is 92.5. The molecule has 0 radical (unpaired) electrons. The van der Waals surface area contributed by atoms with E-state index in [2.05, 4.69) is 14.6 Å². The Labute approximate surface area is 112 Å². The molecule has 2 aromatic rings. The molecule has 0 aliphatic carbocycles. The maximum atomic E-state index is 13.3. The first kappa shape index (κ1) is 15.3. The van der Waals surface area contributed by atoms with Crippen LogP contribution in [-0.2, 0) is 5.92 Å². The van der Waals surface area contributed by atoms with Crippen LogP contribution in [0.1, 0.15) is 5.89 Å². The Hall–Kier alpha value is -2.13. The van der Waals surface area contributed by atoms with Gasteiger partial charge in [-0.2, -0.15) is 30.7 Å². The molecule has 0 spiro atoms. The number of rotatable bonds is 3. The van der Waals surface area contributed by atoms with Gasteiger partial charge in [0.05, 0.1) is 0 Å². The molecule has 0 atom stereocenters. The average Bonchev–Trinajstić information content (AvgIpc) is 2.88. The Balaban J connectivity index is 2.41. The summed E-state index contributed by atoms with van der Waals surface area (Å²) in [7, 11) is 0. The van der Waals surface area contributed by atoms with Crippen LogP contribution in [0.15, 0.2) is 34.7 Å². The van der Waals surface area contributed by atoms with Gasteiger partial charge >= 0.3 is 18.0 Å². The van der Waals surface area contributed by atoms with Gasteiger partial charge in [-0.1, -0.05) is 18.2 Å². The van der Waals surface area contributed by atoms with Crippen LogP contribution in [0.25, 0.3) is 11.5 Å². The first-order valence-corrected chi connectivity index (χ1v) is 5.29. The van der Waals surface area contributed by atoms with Crippen LogP contribution in [0.4, 0.5) is 30.7 Å². The number of nitrogens with zero attached hydrogens (tertiary/aromatic N) is 2. The van der Waals surface area contributed by atoms with Crippen LogP contribution in [0.5, 0.6) is 0 Å². The second-order valence-corrected chi connectivity index (χ2v) is 3.92. The van der Waals surface area contributed by atoms with Crippen molar-refractivity contribution in [1.82, 2.24) is 10.2 Å². The lowest BCUT2D eigenvalue weighted by atomic mass is 10.1. The molecule has 114 valence electrons. The third kappa shape index (κ3) is 2.45. The maximum Gasteiger partial charge on any atom is 0.460 e. The molecule has 0 bridgehead atoms. The van der Waals surface area contributed by atoms with Crippen molar-refractivity contribution in [2.75, 3.05) is 0 Å². The minimum atomic E-state index is -6.46. The number of benzene rings is 1. The summed E-state index contributed by atoms with van der Waals surface area (Å²) in [5.74, 6) is -14.7. The quantitative estimate of drug-likeness (QED) is 0.803. The minimum absolute atomic E-state index is 0.0994. The van der Waals surface area contributed by atoms with Gasteiger partial charge in [0.2, 0.25) is 5.89 Å². The molecule has 0 aliphatic heterocycles.